The molecule has 0 radical (unpaired) electrons. The van der Waals surface area contributed by atoms with Gasteiger partial charge in [-0.05, 0) is 12.1 Å². The van der Waals surface area contributed by atoms with E-state index in [9.17, 15) is 4.79 Å². The van der Waals surface area contributed by atoms with Crippen molar-refractivity contribution < 1.29 is 9.53 Å². The Balaban J connectivity index is 2.60. The first-order chi connectivity index (χ1) is 5.68. The zero-order valence-corrected chi connectivity index (χ0v) is 6.28. The standard InChI is InChI=1S/C8H8N2O2/c9-4-1-2-5-6(3-4)8(11)12-7(5)10/h1-3,7H,9-10H2. The molecule has 1 unspecified atom stereocenters. The number of esters is 1. The van der Waals surface area contributed by atoms with Crippen molar-refractivity contribution in [3.63, 3.8) is 0 Å². The van der Waals surface area contributed by atoms with Gasteiger partial charge in [-0.1, -0.05) is 6.07 Å². The quantitative estimate of drug-likeness (QED) is 0.429. The molecule has 0 bridgehead atoms. The molecule has 0 saturated heterocycles. The average Bonchev–Trinajstić information content (AvgIpc) is 2.28. The number of nitrogens with two attached hydrogens (primary N) is 2. The minimum Gasteiger partial charge on any atom is -0.439 e. The summed E-state index contributed by atoms with van der Waals surface area (Å²) in [5, 5.41) is 0. The van der Waals surface area contributed by atoms with Crippen molar-refractivity contribution in [3.8, 4) is 0 Å². The summed E-state index contributed by atoms with van der Waals surface area (Å²) in [6.45, 7) is 0. The Kier molecular flexibility index (Phi) is 1.31. The Hall–Kier alpha value is -1.55. The minimum atomic E-state index is -0.631. The van der Waals surface area contributed by atoms with Gasteiger partial charge in [0, 0.05) is 11.3 Å². The fourth-order valence-electron chi connectivity index (χ4n) is 1.24. The molecule has 0 amide bonds. The van der Waals surface area contributed by atoms with Crippen LogP contribution in [-0.2, 0) is 4.74 Å². The molecule has 0 aliphatic carbocycles. The molecule has 1 atom stereocenters. The number of hydrogen-bond donors (Lipinski definition) is 2. The molecular formula is C8H8N2O2. The molecule has 0 aromatic heterocycles. The van der Waals surface area contributed by atoms with Gasteiger partial charge in [-0.2, -0.15) is 0 Å². The predicted molar refractivity (Wildman–Crippen MR) is 43.2 cm³/mol. The van der Waals surface area contributed by atoms with Crippen LogP contribution in [0.15, 0.2) is 18.2 Å². The molecule has 1 aliphatic heterocycles. The van der Waals surface area contributed by atoms with E-state index in [1.54, 1.807) is 18.2 Å². The summed E-state index contributed by atoms with van der Waals surface area (Å²) in [5.74, 6) is -0.398. The summed E-state index contributed by atoms with van der Waals surface area (Å²) in [5.41, 5.74) is 12.7. The van der Waals surface area contributed by atoms with Gasteiger partial charge < -0.3 is 10.5 Å². The highest BCUT2D eigenvalue weighted by molar-refractivity contribution is 5.94. The van der Waals surface area contributed by atoms with Gasteiger partial charge in [-0.15, -0.1) is 0 Å². The average molecular weight is 164 g/mol. The maximum absolute atomic E-state index is 11.1. The summed E-state index contributed by atoms with van der Waals surface area (Å²) < 4.78 is 4.77. The molecule has 4 N–H and O–H groups in total. The monoisotopic (exact) mass is 164 g/mol. The van der Waals surface area contributed by atoms with Crippen LogP contribution in [0, 0.1) is 0 Å². The number of fused-ring (bicyclic) bond motifs is 1. The van der Waals surface area contributed by atoms with Crippen molar-refractivity contribution in [2.75, 3.05) is 5.73 Å². The molecular weight excluding hydrogens is 156 g/mol. The van der Waals surface area contributed by atoms with E-state index in [4.69, 9.17) is 16.2 Å². The van der Waals surface area contributed by atoms with E-state index in [-0.39, 0.29) is 0 Å². The topological polar surface area (TPSA) is 78.3 Å². The van der Waals surface area contributed by atoms with Crippen molar-refractivity contribution >= 4 is 11.7 Å². The van der Waals surface area contributed by atoms with E-state index in [1.807, 2.05) is 0 Å². The van der Waals surface area contributed by atoms with Gasteiger partial charge in [0.2, 0.25) is 0 Å². The van der Waals surface area contributed by atoms with E-state index < -0.39 is 12.2 Å². The SMILES string of the molecule is Nc1ccc2c(c1)C(=O)OC2N. The maximum Gasteiger partial charge on any atom is 0.340 e. The molecule has 1 heterocycles. The van der Waals surface area contributed by atoms with Crippen molar-refractivity contribution in [3.05, 3.63) is 29.3 Å². The van der Waals surface area contributed by atoms with E-state index in [0.29, 0.717) is 16.8 Å². The number of carbonyl (C=O) groups is 1. The van der Waals surface area contributed by atoms with Crippen LogP contribution >= 0.6 is 0 Å². The summed E-state index contributed by atoms with van der Waals surface area (Å²) in [6, 6.07) is 4.98. The second-order valence-electron chi connectivity index (χ2n) is 2.67. The zero-order chi connectivity index (χ0) is 8.72. The molecule has 1 aromatic carbocycles. The number of anilines is 1. The minimum absolute atomic E-state index is 0.398. The number of benzene rings is 1. The Morgan fingerprint density at radius 2 is 2.17 bits per heavy atom. The predicted octanol–water partition coefficient (Wildman–Crippen LogP) is 0.397. The first kappa shape index (κ1) is 7.12. The van der Waals surface area contributed by atoms with Crippen molar-refractivity contribution in [1.82, 2.24) is 0 Å². The lowest BCUT2D eigenvalue weighted by atomic mass is 10.1. The number of cyclic esters (lactones) is 1. The first-order valence-corrected chi connectivity index (χ1v) is 3.54. The molecule has 0 saturated carbocycles. The van der Waals surface area contributed by atoms with E-state index in [0.717, 1.165) is 0 Å². The largest absolute Gasteiger partial charge is 0.439 e. The first-order valence-electron chi connectivity index (χ1n) is 3.54. The molecule has 0 fully saturated rings. The van der Waals surface area contributed by atoms with E-state index in [2.05, 4.69) is 0 Å². The Morgan fingerprint density at radius 3 is 2.92 bits per heavy atom. The third-order valence-electron chi connectivity index (χ3n) is 1.84. The molecule has 2 rings (SSSR count). The van der Waals surface area contributed by atoms with Crippen LogP contribution in [0.5, 0.6) is 0 Å². The Bertz CT molecular complexity index is 349. The normalized spacial score (nSPS) is 20.4. The number of nitrogen functional groups attached to an aromatic ring is 1. The highest BCUT2D eigenvalue weighted by Crippen LogP contribution is 2.27. The smallest absolute Gasteiger partial charge is 0.340 e. The zero-order valence-electron chi connectivity index (χ0n) is 6.28. The van der Waals surface area contributed by atoms with E-state index in [1.165, 1.54) is 0 Å². The number of carbonyl (C=O) groups excluding carboxylic acids is 1. The third kappa shape index (κ3) is 0.853. The van der Waals surface area contributed by atoms with Crippen LogP contribution < -0.4 is 11.5 Å². The summed E-state index contributed by atoms with van der Waals surface area (Å²) in [7, 11) is 0. The number of rotatable bonds is 0. The summed E-state index contributed by atoms with van der Waals surface area (Å²) >= 11 is 0. The van der Waals surface area contributed by atoms with Gasteiger partial charge in [0.15, 0.2) is 6.23 Å². The summed E-state index contributed by atoms with van der Waals surface area (Å²) in [4.78, 5) is 11.1. The number of hydrogen-bond acceptors (Lipinski definition) is 4. The second kappa shape index (κ2) is 2.22. The van der Waals surface area contributed by atoms with E-state index >= 15 is 0 Å². The fraction of sp³-hybridized carbons (Fsp3) is 0.125. The van der Waals surface area contributed by atoms with Crippen molar-refractivity contribution in [1.29, 1.82) is 0 Å². The molecule has 1 aliphatic rings. The van der Waals surface area contributed by atoms with Gasteiger partial charge >= 0.3 is 5.97 Å². The van der Waals surface area contributed by atoms with Gasteiger partial charge in [0.05, 0.1) is 5.56 Å². The molecule has 12 heavy (non-hydrogen) atoms. The van der Waals surface area contributed by atoms with Gasteiger partial charge in [-0.25, -0.2) is 4.79 Å². The van der Waals surface area contributed by atoms with Crippen LogP contribution in [-0.4, -0.2) is 5.97 Å². The molecule has 1 aromatic rings. The van der Waals surface area contributed by atoms with Crippen molar-refractivity contribution in [2.45, 2.75) is 6.23 Å². The third-order valence-corrected chi connectivity index (χ3v) is 1.84. The van der Waals surface area contributed by atoms with Crippen LogP contribution in [0.4, 0.5) is 5.69 Å². The Labute approximate surface area is 69.1 Å². The van der Waals surface area contributed by atoms with Gasteiger partial charge in [0.25, 0.3) is 0 Å². The lowest BCUT2D eigenvalue weighted by Crippen LogP contribution is -2.08. The summed E-state index contributed by atoms with van der Waals surface area (Å²) in [6.07, 6.45) is -0.631. The highest BCUT2D eigenvalue weighted by atomic mass is 16.6. The van der Waals surface area contributed by atoms with Gasteiger partial charge in [0.1, 0.15) is 0 Å². The van der Waals surface area contributed by atoms with Crippen LogP contribution in [0.1, 0.15) is 22.1 Å². The maximum atomic E-state index is 11.1. The molecule has 0 spiro atoms. The van der Waals surface area contributed by atoms with Crippen LogP contribution in [0.25, 0.3) is 0 Å². The molecule has 62 valence electrons. The number of ether oxygens (including phenoxy) is 1. The second-order valence-corrected chi connectivity index (χ2v) is 2.67. The fourth-order valence-corrected chi connectivity index (χ4v) is 1.24. The molecule has 4 nitrogen and oxygen atoms in total. The highest BCUT2D eigenvalue weighted by Gasteiger charge is 2.27. The van der Waals surface area contributed by atoms with Crippen LogP contribution in [0.3, 0.4) is 0 Å². The van der Waals surface area contributed by atoms with Gasteiger partial charge in [-0.3, -0.25) is 5.73 Å². The van der Waals surface area contributed by atoms with Crippen molar-refractivity contribution in [2.24, 2.45) is 5.73 Å². The molecule has 4 heteroatoms. The lowest BCUT2D eigenvalue weighted by Gasteiger charge is -2.01. The van der Waals surface area contributed by atoms with Crippen LogP contribution in [0.2, 0.25) is 0 Å². The lowest BCUT2D eigenvalue weighted by molar-refractivity contribution is 0.0399. The Morgan fingerprint density at radius 1 is 1.42 bits per heavy atom.